The molecule has 2 aromatic rings. The molecule has 2 N–H and O–H groups in total. The maximum absolute atomic E-state index is 12.9. The molecule has 1 aromatic heterocycles. The van der Waals surface area contributed by atoms with Crippen LogP contribution in [-0.4, -0.2) is 21.4 Å². The van der Waals surface area contributed by atoms with Crippen LogP contribution in [0.4, 0.5) is 0 Å². The Bertz CT molecular complexity index is 818. The lowest BCUT2D eigenvalue weighted by Crippen LogP contribution is -2.59. The molecule has 1 atom stereocenters. The molecular weight excluding hydrogens is 324 g/mol. The largest absolute Gasteiger partial charge is 0.428 e. The van der Waals surface area contributed by atoms with Crippen LogP contribution < -0.4 is 5.32 Å². The highest BCUT2D eigenvalue weighted by Gasteiger charge is 2.51. The lowest BCUT2D eigenvalue weighted by Gasteiger charge is -2.57. The lowest BCUT2D eigenvalue weighted by molar-refractivity contribution is -0.127. The van der Waals surface area contributed by atoms with E-state index >= 15 is 0 Å². The Kier molecular flexibility index (Phi) is 3.60. The molecular formula is C22H28N2O2. The van der Waals surface area contributed by atoms with Gasteiger partial charge in [-0.25, -0.2) is 0 Å². The van der Waals surface area contributed by atoms with Gasteiger partial charge in [-0.05, 0) is 73.8 Å². The van der Waals surface area contributed by atoms with Crippen molar-refractivity contribution in [3.05, 3.63) is 36.0 Å². The highest BCUT2D eigenvalue weighted by molar-refractivity contribution is 5.85. The van der Waals surface area contributed by atoms with Crippen molar-refractivity contribution in [3.8, 4) is 0 Å². The van der Waals surface area contributed by atoms with Gasteiger partial charge in [-0.1, -0.05) is 25.1 Å². The quantitative estimate of drug-likeness (QED) is 0.798. The summed E-state index contributed by atoms with van der Waals surface area (Å²) in [5.74, 6) is 2.78. The molecule has 4 saturated carbocycles. The van der Waals surface area contributed by atoms with Crippen molar-refractivity contribution in [2.24, 2.45) is 17.8 Å². The molecule has 0 radical (unpaired) electrons. The summed E-state index contributed by atoms with van der Waals surface area (Å²) in [6, 6.07) is 7.82. The van der Waals surface area contributed by atoms with Crippen molar-refractivity contribution in [1.29, 1.82) is 0 Å². The van der Waals surface area contributed by atoms with Crippen LogP contribution in [-0.2, 0) is 4.79 Å². The Hall–Kier alpha value is -1.97. The van der Waals surface area contributed by atoms with E-state index < -0.39 is 0 Å². The second-order valence-corrected chi connectivity index (χ2v) is 9.30. The van der Waals surface area contributed by atoms with Crippen molar-refractivity contribution in [1.82, 2.24) is 10.0 Å². The van der Waals surface area contributed by atoms with E-state index in [0.29, 0.717) is 6.42 Å². The Morgan fingerprint density at radius 2 is 1.81 bits per heavy atom. The molecule has 4 aliphatic carbocycles. The summed E-state index contributed by atoms with van der Waals surface area (Å²) in [6.45, 7) is 2.08. The maximum atomic E-state index is 12.9. The third kappa shape index (κ3) is 2.62. The van der Waals surface area contributed by atoms with E-state index in [2.05, 4.69) is 12.2 Å². The molecule has 4 bridgehead atoms. The Morgan fingerprint density at radius 1 is 1.19 bits per heavy atom. The van der Waals surface area contributed by atoms with E-state index in [1.54, 1.807) is 6.20 Å². The predicted molar refractivity (Wildman–Crippen MR) is 101 cm³/mol. The Labute approximate surface area is 154 Å². The first-order valence-electron chi connectivity index (χ1n) is 10.1. The molecule has 6 rings (SSSR count). The van der Waals surface area contributed by atoms with Gasteiger partial charge >= 0.3 is 0 Å². The number of nitrogens with one attached hydrogen (secondary N) is 1. The first-order chi connectivity index (χ1) is 12.5. The van der Waals surface area contributed by atoms with Crippen LogP contribution in [0, 0.1) is 17.8 Å². The minimum absolute atomic E-state index is 0.0799. The molecule has 1 unspecified atom stereocenters. The van der Waals surface area contributed by atoms with Crippen LogP contribution >= 0.6 is 0 Å². The first kappa shape index (κ1) is 16.2. The number of para-hydroxylation sites is 1. The number of fused-ring (bicyclic) bond motifs is 1. The van der Waals surface area contributed by atoms with Gasteiger partial charge in [0.05, 0.1) is 5.52 Å². The maximum Gasteiger partial charge on any atom is 0.221 e. The minimum Gasteiger partial charge on any atom is -0.428 e. The number of hydrogen-bond donors (Lipinski definition) is 2. The number of amides is 1. The predicted octanol–water partition coefficient (Wildman–Crippen LogP) is 4.46. The average Bonchev–Trinajstić information content (AvgIpc) is 2.90. The number of rotatable bonds is 4. The summed E-state index contributed by atoms with van der Waals surface area (Å²) < 4.78 is 1.18. The third-order valence-electron chi connectivity index (χ3n) is 7.19. The Morgan fingerprint density at radius 3 is 2.46 bits per heavy atom. The van der Waals surface area contributed by atoms with Crippen molar-refractivity contribution in [2.45, 2.75) is 63.3 Å². The van der Waals surface area contributed by atoms with Crippen LogP contribution in [0.5, 0.6) is 0 Å². The van der Waals surface area contributed by atoms with Crippen LogP contribution in [0.1, 0.15) is 63.4 Å². The third-order valence-corrected chi connectivity index (χ3v) is 7.19. The monoisotopic (exact) mass is 352 g/mol. The van der Waals surface area contributed by atoms with Gasteiger partial charge in [0, 0.05) is 23.5 Å². The summed E-state index contributed by atoms with van der Waals surface area (Å²) >= 11 is 0. The molecule has 0 spiro atoms. The van der Waals surface area contributed by atoms with Crippen molar-refractivity contribution in [2.75, 3.05) is 0 Å². The fourth-order valence-electron chi connectivity index (χ4n) is 6.58. The molecule has 0 aliphatic heterocycles. The van der Waals surface area contributed by atoms with Gasteiger partial charge in [-0.15, -0.1) is 0 Å². The number of aromatic nitrogens is 1. The van der Waals surface area contributed by atoms with E-state index in [1.807, 2.05) is 24.3 Å². The van der Waals surface area contributed by atoms with E-state index in [1.165, 1.54) is 43.3 Å². The van der Waals surface area contributed by atoms with Crippen molar-refractivity contribution < 1.29 is 10.0 Å². The molecule has 26 heavy (non-hydrogen) atoms. The molecule has 4 nitrogen and oxygen atoms in total. The molecule has 4 fully saturated rings. The zero-order valence-corrected chi connectivity index (χ0v) is 15.4. The molecule has 0 saturated heterocycles. The highest BCUT2D eigenvalue weighted by Crippen LogP contribution is 2.55. The van der Waals surface area contributed by atoms with Gasteiger partial charge in [0.1, 0.15) is 0 Å². The average molecular weight is 352 g/mol. The molecule has 1 amide bonds. The van der Waals surface area contributed by atoms with Gasteiger partial charge in [-0.3, -0.25) is 4.79 Å². The summed E-state index contributed by atoms with van der Waals surface area (Å²) in [5, 5.41) is 14.6. The van der Waals surface area contributed by atoms with E-state index in [-0.39, 0.29) is 17.4 Å². The number of carbonyl (C=O) groups excluding carboxylic acids is 1. The Balaban J connectivity index is 1.31. The van der Waals surface area contributed by atoms with Gasteiger partial charge in [0.2, 0.25) is 5.91 Å². The summed E-state index contributed by atoms with van der Waals surface area (Å²) in [5.41, 5.74) is 1.93. The first-order valence-corrected chi connectivity index (χ1v) is 10.1. The second-order valence-electron chi connectivity index (χ2n) is 9.30. The highest BCUT2D eigenvalue weighted by atomic mass is 16.5. The van der Waals surface area contributed by atoms with E-state index in [9.17, 15) is 10.0 Å². The second kappa shape index (κ2) is 5.77. The molecule has 4 heteroatoms. The molecule has 1 heterocycles. The van der Waals surface area contributed by atoms with Crippen LogP contribution in [0.2, 0.25) is 0 Å². The van der Waals surface area contributed by atoms with Gasteiger partial charge in [-0.2, -0.15) is 4.73 Å². The van der Waals surface area contributed by atoms with Crippen LogP contribution in [0.3, 0.4) is 0 Å². The van der Waals surface area contributed by atoms with Gasteiger partial charge in [0.25, 0.3) is 0 Å². The van der Waals surface area contributed by atoms with Crippen LogP contribution in [0.25, 0.3) is 10.9 Å². The zero-order valence-electron chi connectivity index (χ0n) is 15.4. The van der Waals surface area contributed by atoms with E-state index in [0.717, 1.165) is 34.2 Å². The number of carbonyl (C=O) groups is 1. The topological polar surface area (TPSA) is 54.3 Å². The van der Waals surface area contributed by atoms with Gasteiger partial charge in [0.15, 0.2) is 0 Å². The minimum atomic E-state index is 0.0799. The van der Waals surface area contributed by atoms with Crippen molar-refractivity contribution >= 4 is 16.8 Å². The normalized spacial score (nSPS) is 33.5. The fourth-order valence-corrected chi connectivity index (χ4v) is 6.58. The molecule has 4 aliphatic rings. The lowest BCUT2D eigenvalue weighted by atomic mass is 9.53. The number of nitrogens with zero attached hydrogens (tertiary/aromatic N) is 1. The standard InChI is InChI=1S/C22H28N2O2/c1-14(19-13-24(26)20-5-3-2-4-18(19)20)6-21(25)23-22-10-15-7-16(11-22)9-17(8-15)12-22/h2-5,13-17,26H,6-12H2,1H3,(H,23,25). The van der Waals surface area contributed by atoms with E-state index in [4.69, 9.17) is 0 Å². The summed E-state index contributed by atoms with van der Waals surface area (Å²) in [6.07, 6.45) is 9.98. The summed E-state index contributed by atoms with van der Waals surface area (Å²) in [4.78, 5) is 12.9. The van der Waals surface area contributed by atoms with Gasteiger partial charge < -0.3 is 10.5 Å². The zero-order chi connectivity index (χ0) is 17.9. The SMILES string of the molecule is CC(CC(=O)NC12CC3CC(CC(C3)C1)C2)c1cn(O)c2ccccc12. The number of hydrogen-bond acceptors (Lipinski definition) is 2. The smallest absolute Gasteiger partial charge is 0.221 e. The van der Waals surface area contributed by atoms with Crippen molar-refractivity contribution in [3.63, 3.8) is 0 Å². The summed E-state index contributed by atoms with van der Waals surface area (Å²) in [7, 11) is 0. The number of benzene rings is 1. The molecule has 1 aromatic carbocycles. The molecule has 138 valence electrons. The van der Waals surface area contributed by atoms with Crippen LogP contribution in [0.15, 0.2) is 30.5 Å². The fraction of sp³-hybridized carbons (Fsp3) is 0.591.